The van der Waals surface area contributed by atoms with Crippen LogP contribution in [0.25, 0.3) is 0 Å². The molecule has 1 amide bonds. The van der Waals surface area contributed by atoms with Crippen LogP contribution in [-0.2, 0) is 17.9 Å². The Bertz CT molecular complexity index is 674. The second-order valence-corrected chi connectivity index (χ2v) is 7.32. The molecule has 0 bridgehead atoms. The van der Waals surface area contributed by atoms with E-state index in [4.69, 9.17) is 4.74 Å². The van der Waals surface area contributed by atoms with Crippen molar-refractivity contribution < 1.29 is 9.53 Å². The summed E-state index contributed by atoms with van der Waals surface area (Å²) >= 11 is 1.69. The van der Waals surface area contributed by atoms with Crippen LogP contribution >= 0.6 is 23.7 Å². The summed E-state index contributed by atoms with van der Waals surface area (Å²) in [5.41, 5.74) is 1.05. The highest BCUT2D eigenvalue weighted by atomic mass is 35.5. The lowest BCUT2D eigenvalue weighted by molar-refractivity contribution is -0.138. The maximum Gasteiger partial charge on any atom is 0.226 e. The lowest BCUT2D eigenvalue weighted by atomic mass is 9.88. The van der Waals surface area contributed by atoms with Gasteiger partial charge in [0.05, 0.1) is 13.7 Å². The average molecular weight is 381 g/mol. The second kappa shape index (κ2) is 9.22. The molecule has 1 atom stereocenters. The third-order valence-corrected chi connectivity index (χ3v) is 5.56. The number of amides is 1. The van der Waals surface area contributed by atoms with Crippen molar-refractivity contribution in [3.05, 3.63) is 52.2 Å². The molecule has 1 fully saturated rings. The monoisotopic (exact) mass is 380 g/mol. The van der Waals surface area contributed by atoms with Crippen molar-refractivity contribution in [2.75, 3.05) is 20.2 Å². The highest BCUT2D eigenvalue weighted by molar-refractivity contribution is 7.09. The van der Waals surface area contributed by atoms with Crippen LogP contribution in [0.3, 0.4) is 0 Å². The Kier molecular flexibility index (Phi) is 7.29. The van der Waals surface area contributed by atoms with Crippen LogP contribution in [0.4, 0.5) is 0 Å². The zero-order valence-electron chi connectivity index (χ0n) is 14.6. The van der Waals surface area contributed by atoms with Gasteiger partial charge in [-0.1, -0.05) is 31.2 Å². The van der Waals surface area contributed by atoms with Crippen molar-refractivity contribution in [1.82, 2.24) is 10.2 Å². The number of halogens is 1. The van der Waals surface area contributed by atoms with Gasteiger partial charge in [-0.2, -0.15) is 0 Å². The molecule has 4 nitrogen and oxygen atoms in total. The number of hydrogen-bond donors (Lipinski definition) is 1. The quantitative estimate of drug-likeness (QED) is 0.798. The van der Waals surface area contributed by atoms with Crippen LogP contribution in [-0.4, -0.2) is 31.0 Å². The summed E-state index contributed by atoms with van der Waals surface area (Å²) in [6, 6.07) is 12.0. The molecule has 0 saturated carbocycles. The van der Waals surface area contributed by atoms with Crippen molar-refractivity contribution in [2.45, 2.75) is 20.0 Å². The van der Waals surface area contributed by atoms with Crippen molar-refractivity contribution in [1.29, 1.82) is 0 Å². The third-order valence-electron chi connectivity index (χ3n) is 4.70. The van der Waals surface area contributed by atoms with E-state index in [0.29, 0.717) is 19.0 Å². The van der Waals surface area contributed by atoms with Gasteiger partial charge in [-0.15, -0.1) is 23.7 Å². The van der Waals surface area contributed by atoms with Gasteiger partial charge in [-0.3, -0.25) is 4.79 Å². The molecule has 0 radical (unpaired) electrons. The van der Waals surface area contributed by atoms with Crippen molar-refractivity contribution in [3.8, 4) is 5.75 Å². The van der Waals surface area contributed by atoms with Crippen LogP contribution < -0.4 is 10.1 Å². The van der Waals surface area contributed by atoms with Crippen molar-refractivity contribution >= 4 is 29.7 Å². The van der Waals surface area contributed by atoms with E-state index in [2.05, 4.69) is 23.7 Å². The Hall–Kier alpha value is -1.56. The molecular formula is C19H25ClN2O2S. The molecular weight excluding hydrogens is 356 g/mol. The summed E-state index contributed by atoms with van der Waals surface area (Å²) in [4.78, 5) is 16.2. The van der Waals surface area contributed by atoms with Gasteiger partial charge < -0.3 is 15.0 Å². The van der Waals surface area contributed by atoms with Gasteiger partial charge in [0.25, 0.3) is 0 Å². The predicted molar refractivity (Wildman–Crippen MR) is 104 cm³/mol. The Labute approximate surface area is 159 Å². The second-order valence-electron chi connectivity index (χ2n) is 6.29. The lowest BCUT2D eigenvalue weighted by Crippen LogP contribution is -2.50. The summed E-state index contributed by atoms with van der Waals surface area (Å²) in [7, 11) is 1.67. The molecule has 0 aliphatic carbocycles. The van der Waals surface area contributed by atoms with Crippen LogP contribution in [0.15, 0.2) is 41.8 Å². The number of para-hydroxylation sites is 1. The molecule has 136 valence electrons. The number of benzene rings is 1. The largest absolute Gasteiger partial charge is 0.496 e. The maximum absolute atomic E-state index is 13.1. The molecule has 25 heavy (non-hydrogen) atoms. The molecule has 6 heteroatoms. The fraction of sp³-hybridized carbons (Fsp3) is 0.421. The Balaban J connectivity index is 0.00000225. The first-order valence-corrected chi connectivity index (χ1v) is 9.20. The number of thiophene rings is 1. The number of carbonyl (C=O) groups is 1. The number of nitrogens with one attached hydrogen (secondary N) is 1. The normalized spacial score (nSPS) is 15.0. The van der Waals surface area contributed by atoms with E-state index in [1.165, 1.54) is 4.88 Å². The molecule has 1 aromatic heterocycles. The first kappa shape index (κ1) is 19.8. The van der Waals surface area contributed by atoms with Gasteiger partial charge in [0.1, 0.15) is 5.75 Å². The number of nitrogens with zero attached hydrogens (tertiary/aromatic N) is 1. The van der Waals surface area contributed by atoms with Gasteiger partial charge >= 0.3 is 0 Å². The Morgan fingerprint density at radius 2 is 2.04 bits per heavy atom. The number of methoxy groups -OCH3 is 1. The summed E-state index contributed by atoms with van der Waals surface area (Å²) in [5.74, 6) is 1.54. The van der Waals surface area contributed by atoms with E-state index < -0.39 is 0 Å². The number of hydrogen-bond acceptors (Lipinski definition) is 4. The molecule has 2 aromatic rings. The van der Waals surface area contributed by atoms with E-state index in [-0.39, 0.29) is 24.2 Å². The van der Waals surface area contributed by atoms with E-state index in [0.717, 1.165) is 24.4 Å². The summed E-state index contributed by atoms with van der Waals surface area (Å²) in [6.45, 7) is 5.16. The average Bonchev–Trinajstić information content (AvgIpc) is 3.05. The Morgan fingerprint density at radius 3 is 2.64 bits per heavy atom. The van der Waals surface area contributed by atoms with E-state index >= 15 is 0 Å². The highest BCUT2D eigenvalue weighted by Gasteiger charge is 2.32. The highest BCUT2D eigenvalue weighted by Crippen LogP contribution is 2.25. The third kappa shape index (κ3) is 4.75. The van der Waals surface area contributed by atoms with Crippen LogP contribution in [0, 0.1) is 11.8 Å². The number of ether oxygens (including phenoxy) is 1. The zero-order chi connectivity index (χ0) is 16.9. The fourth-order valence-electron chi connectivity index (χ4n) is 3.00. The minimum absolute atomic E-state index is 0. The topological polar surface area (TPSA) is 41.6 Å². The van der Waals surface area contributed by atoms with Gasteiger partial charge in [-0.05, 0) is 36.5 Å². The van der Waals surface area contributed by atoms with Gasteiger partial charge in [-0.25, -0.2) is 0 Å². The van der Waals surface area contributed by atoms with Crippen molar-refractivity contribution in [3.63, 3.8) is 0 Å². The molecule has 0 spiro atoms. The first-order chi connectivity index (χ1) is 11.7. The Morgan fingerprint density at radius 1 is 1.28 bits per heavy atom. The predicted octanol–water partition coefficient (Wildman–Crippen LogP) is 3.56. The molecule has 3 rings (SSSR count). The van der Waals surface area contributed by atoms with E-state index in [1.54, 1.807) is 18.4 Å². The minimum atomic E-state index is 0. The SMILES string of the molecule is COc1ccccc1CN(Cc1cccs1)C(=O)C(C)C1CNC1.Cl. The molecule has 1 unspecified atom stereocenters. The van der Waals surface area contributed by atoms with Crippen LogP contribution in [0.1, 0.15) is 17.4 Å². The standard InChI is InChI=1S/C19H24N2O2S.ClH/c1-14(16-10-20-11-16)19(22)21(13-17-7-5-9-24-17)12-15-6-3-4-8-18(15)23-2;/h3-9,14,16,20H,10-13H2,1-2H3;1H. The number of carbonyl (C=O) groups excluding carboxylic acids is 1. The van der Waals surface area contributed by atoms with E-state index in [9.17, 15) is 4.79 Å². The summed E-state index contributed by atoms with van der Waals surface area (Å²) < 4.78 is 5.46. The summed E-state index contributed by atoms with van der Waals surface area (Å²) in [6.07, 6.45) is 0. The van der Waals surface area contributed by atoms with Gasteiger partial charge in [0, 0.05) is 22.9 Å². The van der Waals surface area contributed by atoms with Gasteiger partial charge in [0.2, 0.25) is 5.91 Å². The molecule has 1 aliphatic heterocycles. The fourth-order valence-corrected chi connectivity index (χ4v) is 3.72. The zero-order valence-corrected chi connectivity index (χ0v) is 16.2. The van der Waals surface area contributed by atoms with E-state index in [1.807, 2.05) is 35.2 Å². The minimum Gasteiger partial charge on any atom is -0.496 e. The molecule has 1 aromatic carbocycles. The maximum atomic E-state index is 13.1. The molecule has 1 saturated heterocycles. The van der Waals surface area contributed by atoms with Crippen LogP contribution in [0.5, 0.6) is 5.75 Å². The van der Waals surface area contributed by atoms with Crippen LogP contribution in [0.2, 0.25) is 0 Å². The first-order valence-electron chi connectivity index (χ1n) is 8.33. The molecule has 2 heterocycles. The molecule has 1 aliphatic rings. The smallest absolute Gasteiger partial charge is 0.226 e. The molecule has 1 N–H and O–H groups in total. The van der Waals surface area contributed by atoms with Crippen molar-refractivity contribution in [2.24, 2.45) is 11.8 Å². The van der Waals surface area contributed by atoms with Gasteiger partial charge in [0.15, 0.2) is 0 Å². The number of rotatable bonds is 7. The lowest BCUT2D eigenvalue weighted by Gasteiger charge is -2.35. The summed E-state index contributed by atoms with van der Waals surface area (Å²) in [5, 5.41) is 5.32.